The molecule has 158 valence electrons. The third kappa shape index (κ3) is 9.33. The van der Waals surface area contributed by atoms with Crippen LogP contribution in [0.5, 0.6) is 0 Å². The van der Waals surface area contributed by atoms with Crippen molar-refractivity contribution in [1.29, 1.82) is 0 Å². The van der Waals surface area contributed by atoms with Gasteiger partial charge in [0.2, 0.25) is 5.91 Å². The molecule has 0 aromatic heterocycles. The van der Waals surface area contributed by atoms with Gasteiger partial charge in [-0.05, 0) is 47.0 Å². The van der Waals surface area contributed by atoms with Gasteiger partial charge in [0.1, 0.15) is 11.6 Å². The molecule has 0 aliphatic carbocycles. The second kappa shape index (κ2) is 10.2. The predicted octanol–water partition coefficient (Wildman–Crippen LogP) is 1.78. The minimum absolute atomic E-state index is 0.0507. The highest BCUT2D eigenvalue weighted by Gasteiger charge is 2.34. The minimum Gasteiger partial charge on any atom is -0.366 e. The summed E-state index contributed by atoms with van der Waals surface area (Å²) < 4.78 is 5.70. The molecule has 0 heterocycles. The number of carbonyl (C=O) groups excluding carboxylic acids is 3. The lowest BCUT2D eigenvalue weighted by molar-refractivity contribution is -0.146. The van der Waals surface area contributed by atoms with Gasteiger partial charge in [-0.3, -0.25) is 14.4 Å². The van der Waals surface area contributed by atoms with Crippen molar-refractivity contribution in [2.45, 2.75) is 92.0 Å². The van der Waals surface area contributed by atoms with E-state index in [-0.39, 0.29) is 35.0 Å². The molecule has 27 heavy (non-hydrogen) atoms. The molecule has 0 fully saturated rings. The zero-order chi connectivity index (χ0) is 21.6. The van der Waals surface area contributed by atoms with E-state index in [0.717, 1.165) is 0 Å². The summed E-state index contributed by atoms with van der Waals surface area (Å²) in [6.07, 6.45) is 0.604. The third-order valence-electron chi connectivity index (χ3n) is 4.35. The highest BCUT2D eigenvalue weighted by atomic mass is 16.5. The first-order valence-corrected chi connectivity index (χ1v) is 9.66. The highest BCUT2D eigenvalue weighted by Crippen LogP contribution is 2.14. The van der Waals surface area contributed by atoms with Crippen molar-refractivity contribution in [3.63, 3.8) is 0 Å². The molecule has 0 aromatic rings. The lowest BCUT2D eigenvalue weighted by Crippen LogP contribution is -2.57. The van der Waals surface area contributed by atoms with Gasteiger partial charge in [-0.25, -0.2) is 0 Å². The predicted molar refractivity (Wildman–Crippen MR) is 107 cm³/mol. The van der Waals surface area contributed by atoms with E-state index < -0.39 is 17.7 Å². The first kappa shape index (κ1) is 25.5. The molecule has 0 aliphatic rings. The summed E-state index contributed by atoms with van der Waals surface area (Å²) in [4.78, 5) is 37.3. The Hall–Kier alpha value is -1.47. The van der Waals surface area contributed by atoms with Crippen LogP contribution in [0.2, 0.25) is 0 Å². The molecule has 0 aliphatic heterocycles. The average molecular weight is 386 g/mol. The van der Waals surface area contributed by atoms with Gasteiger partial charge in [-0.1, -0.05) is 27.7 Å². The van der Waals surface area contributed by atoms with E-state index in [4.69, 9.17) is 10.5 Å². The second-order valence-electron chi connectivity index (χ2n) is 9.08. The van der Waals surface area contributed by atoms with Crippen LogP contribution in [0.3, 0.4) is 0 Å². The molecule has 0 saturated heterocycles. The number of carbonyl (C=O) groups is 3. The van der Waals surface area contributed by atoms with Crippen LogP contribution >= 0.6 is 0 Å². The first-order chi connectivity index (χ1) is 12.1. The Morgan fingerprint density at radius 2 is 1.48 bits per heavy atom. The van der Waals surface area contributed by atoms with E-state index in [0.29, 0.717) is 13.0 Å². The molecule has 0 spiro atoms. The van der Waals surface area contributed by atoms with Crippen LogP contribution in [0.25, 0.3) is 0 Å². The molecule has 0 saturated carbocycles. The van der Waals surface area contributed by atoms with Crippen molar-refractivity contribution < 1.29 is 19.1 Å². The molecule has 4 N–H and O–H groups in total. The molecule has 2 atom stereocenters. The number of ketones is 1. The number of hydrogen-bond acceptors (Lipinski definition) is 5. The molecule has 1 unspecified atom stereocenters. The largest absolute Gasteiger partial charge is 0.366 e. The maximum atomic E-state index is 12.7. The van der Waals surface area contributed by atoms with Crippen molar-refractivity contribution in [2.75, 3.05) is 6.61 Å². The minimum atomic E-state index is -1.10. The fourth-order valence-electron chi connectivity index (χ4n) is 2.36. The lowest BCUT2D eigenvalue weighted by Gasteiger charge is -2.30. The van der Waals surface area contributed by atoms with Crippen molar-refractivity contribution in [3.8, 4) is 0 Å². The zero-order valence-corrected chi connectivity index (χ0v) is 18.4. The number of Topliss-reactive ketones (excluding diaryl/α,β-unsaturated/α-hetero) is 1. The van der Waals surface area contributed by atoms with E-state index in [1.165, 1.54) is 0 Å². The Bertz CT molecular complexity index is 522. The number of rotatable bonds is 11. The van der Waals surface area contributed by atoms with Gasteiger partial charge in [-0.15, -0.1) is 0 Å². The maximum absolute atomic E-state index is 12.7. The molecule has 0 rings (SSSR count). The van der Waals surface area contributed by atoms with Crippen LogP contribution in [0.4, 0.5) is 0 Å². The van der Waals surface area contributed by atoms with Crippen LogP contribution in [0.1, 0.15) is 68.7 Å². The summed E-state index contributed by atoms with van der Waals surface area (Å²) >= 11 is 0. The Morgan fingerprint density at radius 3 is 1.89 bits per heavy atom. The number of hydrogen-bond donors (Lipinski definition) is 3. The van der Waals surface area contributed by atoms with Crippen molar-refractivity contribution >= 4 is 17.6 Å². The van der Waals surface area contributed by atoms with Gasteiger partial charge in [0, 0.05) is 18.1 Å². The van der Waals surface area contributed by atoms with Gasteiger partial charge in [-0.2, -0.15) is 0 Å². The van der Waals surface area contributed by atoms with E-state index in [1.807, 2.05) is 27.7 Å². The normalized spacial score (nSPS) is 14.8. The molecular weight excluding hydrogens is 346 g/mol. The number of amides is 2. The summed E-state index contributed by atoms with van der Waals surface area (Å²) in [5.41, 5.74) is 4.45. The summed E-state index contributed by atoms with van der Waals surface area (Å²) in [5.74, 6) is -1.13. The standard InChI is InChI=1S/C20H39N3O4/c1-12(2)15(17(25)22-14(5)16(24)13(3)4)23-18(26)20(8,9)27-11-10-19(6,7)21/h12-15H,10-11,21H2,1-9H3,(H,22,25)(H,23,26)/t14?,15-/m0/s1. The SMILES string of the molecule is CC(C)C(=O)C(C)NC(=O)[C@@H](NC(=O)C(C)(C)OCCC(C)(C)N)C(C)C. The fraction of sp³-hybridized carbons (Fsp3) is 0.850. The third-order valence-corrected chi connectivity index (χ3v) is 4.35. The van der Waals surface area contributed by atoms with Crippen LogP contribution in [-0.2, 0) is 19.1 Å². The monoisotopic (exact) mass is 385 g/mol. The molecule has 7 heteroatoms. The van der Waals surface area contributed by atoms with Crippen LogP contribution in [-0.4, -0.2) is 47.4 Å². The maximum Gasteiger partial charge on any atom is 0.252 e. The smallest absolute Gasteiger partial charge is 0.252 e. The van der Waals surface area contributed by atoms with Crippen molar-refractivity contribution in [1.82, 2.24) is 10.6 Å². The van der Waals surface area contributed by atoms with Crippen LogP contribution in [0.15, 0.2) is 0 Å². The molecule has 2 amide bonds. The molecular formula is C20H39N3O4. The molecule has 0 bridgehead atoms. The van der Waals surface area contributed by atoms with E-state index >= 15 is 0 Å². The summed E-state index contributed by atoms with van der Waals surface area (Å²) in [7, 11) is 0. The quantitative estimate of drug-likeness (QED) is 0.502. The highest BCUT2D eigenvalue weighted by molar-refractivity contribution is 5.94. The first-order valence-electron chi connectivity index (χ1n) is 9.66. The van der Waals surface area contributed by atoms with Gasteiger partial charge >= 0.3 is 0 Å². The van der Waals surface area contributed by atoms with E-state index in [1.54, 1.807) is 34.6 Å². The van der Waals surface area contributed by atoms with E-state index in [9.17, 15) is 14.4 Å². The van der Waals surface area contributed by atoms with Crippen LogP contribution in [0, 0.1) is 11.8 Å². The van der Waals surface area contributed by atoms with E-state index in [2.05, 4.69) is 10.6 Å². The van der Waals surface area contributed by atoms with Crippen molar-refractivity contribution in [3.05, 3.63) is 0 Å². The van der Waals surface area contributed by atoms with Gasteiger partial charge in [0.15, 0.2) is 5.78 Å². The van der Waals surface area contributed by atoms with Crippen LogP contribution < -0.4 is 16.4 Å². The summed E-state index contributed by atoms with van der Waals surface area (Å²) in [6, 6.07) is -1.36. The zero-order valence-electron chi connectivity index (χ0n) is 18.4. The molecule has 0 aromatic carbocycles. The topological polar surface area (TPSA) is 111 Å². The van der Waals surface area contributed by atoms with Gasteiger partial charge in [0.25, 0.3) is 5.91 Å². The Kier molecular flexibility index (Phi) is 9.62. The van der Waals surface area contributed by atoms with Gasteiger partial charge in [0.05, 0.1) is 6.04 Å². The number of ether oxygens (including phenoxy) is 1. The Morgan fingerprint density at radius 1 is 0.963 bits per heavy atom. The number of nitrogens with one attached hydrogen (secondary N) is 2. The summed E-state index contributed by atoms with van der Waals surface area (Å²) in [6.45, 7) is 16.3. The molecule has 0 radical (unpaired) electrons. The van der Waals surface area contributed by atoms with Gasteiger partial charge < -0.3 is 21.1 Å². The summed E-state index contributed by atoms with van der Waals surface area (Å²) in [5, 5.41) is 5.46. The fourth-order valence-corrected chi connectivity index (χ4v) is 2.36. The molecule has 7 nitrogen and oxygen atoms in total. The Balaban J connectivity index is 4.95. The average Bonchev–Trinajstić information content (AvgIpc) is 2.48. The Labute approximate surface area is 164 Å². The van der Waals surface area contributed by atoms with Crippen molar-refractivity contribution in [2.24, 2.45) is 17.6 Å². The lowest BCUT2D eigenvalue weighted by atomic mass is 9.99. The second-order valence-corrected chi connectivity index (χ2v) is 9.08. The number of nitrogens with two attached hydrogens (primary N) is 1.